The fourth-order valence-electron chi connectivity index (χ4n) is 1.35. The molecule has 0 bridgehead atoms. The summed E-state index contributed by atoms with van der Waals surface area (Å²) < 4.78 is 0. The molecule has 0 fully saturated rings. The van der Waals surface area contributed by atoms with Gasteiger partial charge in [-0.15, -0.1) is 0 Å². The Morgan fingerprint density at radius 2 is 1.95 bits per heavy atom. The van der Waals surface area contributed by atoms with Crippen molar-refractivity contribution in [2.24, 2.45) is 0 Å². The summed E-state index contributed by atoms with van der Waals surface area (Å²) in [6, 6.07) is 7.05. The molecule has 1 heterocycles. The van der Waals surface area contributed by atoms with Crippen LogP contribution in [0, 0.1) is 0 Å². The summed E-state index contributed by atoms with van der Waals surface area (Å²) in [6.07, 6.45) is 3.27. The van der Waals surface area contributed by atoms with E-state index in [0.29, 0.717) is 27.7 Å². The van der Waals surface area contributed by atoms with Crippen LogP contribution in [0.5, 0.6) is 0 Å². The number of hydrogen-bond acceptors (Lipinski definition) is 3. The number of nitrogens with one attached hydrogen (secondary N) is 2. The Balaban J connectivity index is 1.90. The molecule has 2 aromatic rings. The van der Waals surface area contributed by atoms with E-state index in [-0.39, 0.29) is 0 Å². The number of rotatable bonds is 3. The lowest BCUT2D eigenvalue weighted by Gasteiger charge is -2.10. The van der Waals surface area contributed by atoms with Gasteiger partial charge < -0.3 is 10.6 Å². The molecule has 0 aliphatic heterocycles. The van der Waals surface area contributed by atoms with E-state index in [1.54, 1.807) is 30.6 Å². The van der Waals surface area contributed by atoms with Gasteiger partial charge in [0.05, 0.1) is 0 Å². The van der Waals surface area contributed by atoms with Gasteiger partial charge in [-0.1, -0.05) is 29.3 Å². The summed E-state index contributed by atoms with van der Waals surface area (Å²) in [6.45, 7) is 0.495. The molecule has 19 heavy (non-hydrogen) atoms. The molecule has 0 spiro atoms. The third-order valence-electron chi connectivity index (χ3n) is 2.25. The molecule has 0 amide bonds. The van der Waals surface area contributed by atoms with Crippen molar-refractivity contribution in [1.29, 1.82) is 0 Å². The standard InChI is InChI=1S/C12H10Cl2N4S/c13-9-3-2-8(10(14)6-9)7-17-12(19)18-11-15-4-1-5-16-11/h1-6H,7H2,(H2,15,16,17,18,19). The Morgan fingerprint density at radius 1 is 1.21 bits per heavy atom. The quantitative estimate of drug-likeness (QED) is 0.852. The van der Waals surface area contributed by atoms with Crippen LogP contribution >= 0.6 is 35.4 Å². The zero-order valence-electron chi connectivity index (χ0n) is 9.73. The average Bonchev–Trinajstić information content (AvgIpc) is 2.39. The van der Waals surface area contributed by atoms with E-state index in [9.17, 15) is 0 Å². The predicted octanol–water partition coefficient (Wildman–Crippen LogP) is 3.27. The Kier molecular flexibility index (Phi) is 4.90. The maximum absolute atomic E-state index is 6.06. The molecule has 2 N–H and O–H groups in total. The van der Waals surface area contributed by atoms with Crippen molar-refractivity contribution in [3.8, 4) is 0 Å². The lowest BCUT2D eigenvalue weighted by molar-refractivity contribution is 0.923. The third-order valence-corrected chi connectivity index (χ3v) is 3.08. The van der Waals surface area contributed by atoms with Gasteiger partial charge >= 0.3 is 0 Å². The minimum absolute atomic E-state index is 0.428. The van der Waals surface area contributed by atoms with Crippen LogP contribution in [-0.2, 0) is 6.54 Å². The average molecular weight is 313 g/mol. The number of aromatic nitrogens is 2. The minimum atomic E-state index is 0.428. The van der Waals surface area contributed by atoms with E-state index >= 15 is 0 Å². The van der Waals surface area contributed by atoms with Crippen molar-refractivity contribution in [3.05, 3.63) is 52.3 Å². The third kappa shape index (κ3) is 4.31. The van der Waals surface area contributed by atoms with E-state index in [2.05, 4.69) is 20.6 Å². The van der Waals surface area contributed by atoms with Crippen LogP contribution < -0.4 is 10.6 Å². The highest BCUT2D eigenvalue weighted by atomic mass is 35.5. The summed E-state index contributed by atoms with van der Waals surface area (Å²) in [5, 5.41) is 7.52. The fraction of sp³-hybridized carbons (Fsp3) is 0.0833. The first-order valence-corrected chi connectivity index (χ1v) is 6.57. The molecule has 1 aromatic heterocycles. The SMILES string of the molecule is S=C(NCc1ccc(Cl)cc1Cl)Nc1ncccn1. The van der Waals surface area contributed by atoms with Gasteiger partial charge in [-0.3, -0.25) is 0 Å². The fourth-order valence-corrected chi connectivity index (χ4v) is 1.99. The van der Waals surface area contributed by atoms with Crippen molar-refractivity contribution in [2.45, 2.75) is 6.54 Å². The number of thiocarbonyl (C=S) groups is 1. The molecule has 0 saturated heterocycles. The molecule has 7 heteroatoms. The number of hydrogen-bond donors (Lipinski definition) is 2. The van der Waals surface area contributed by atoms with Gasteiger partial charge in [0.1, 0.15) is 0 Å². The van der Waals surface area contributed by atoms with Gasteiger partial charge in [-0.2, -0.15) is 0 Å². The monoisotopic (exact) mass is 312 g/mol. The molecule has 1 aromatic carbocycles. The summed E-state index contributed by atoms with van der Waals surface area (Å²) in [7, 11) is 0. The van der Waals surface area contributed by atoms with Crippen LogP contribution in [0.1, 0.15) is 5.56 Å². The van der Waals surface area contributed by atoms with Gasteiger partial charge in [0.15, 0.2) is 5.11 Å². The zero-order chi connectivity index (χ0) is 13.7. The van der Waals surface area contributed by atoms with Crippen LogP contribution in [0.25, 0.3) is 0 Å². The molecule has 4 nitrogen and oxygen atoms in total. The van der Waals surface area contributed by atoms with Gasteiger partial charge in [0, 0.05) is 29.0 Å². The maximum Gasteiger partial charge on any atom is 0.228 e. The summed E-state index contributed by atoms with van der Waals surface area (Å²) in [5.41, 5.74) is 0.907. The van der Waals surface area contributed by atoms with E-state index in [4.69, 9.17) is 35.4 Å². The predicted molar refractivity (Wildman–Crippen MR) is 81.6 cm³/mol. The second-order valence-electron chi connectivity index (χ2n) is 3.62. The first-order chi connectivity index (χ1) is 9.15. The highest BCUT2D eigenvalue weighted by Crippen LogP contribution is 2.20. The van der Waals surface area contributed by atoms with Crippen LogP contribution in [0.2, 0.25) is 10.0 Å². The zero-order valence-corrected chi connectivity index (χ0v) is 12.1. The van der Waals surface area contributed by atoms with Crippen LogP contribution in [0.4, 0.5) is 5.95 Å². The molecule has 0 radical (unpaired) electrons. The Bertz CT molecular complexity index is 577. The number of nitrogens with zero attached hydrogens (tertiary/aromatic N) is 2. The molecule has 98 valence electrons. The Hall–Kier alpha value is -1.43. The normalized spacial score (nSPS) is 10.0. The molecular formula is C12H10Cl2N4S. The molecule has 0 saturated carbocycles. The molecule has 0 atom stereocenters. The first kappa shape index (κ1) is 14.0. The van der Waals surface area contributed by atoms with Crippen molar-refractivity contribution in [1.82, 2.24) is 15.3 Å². The van der Waals surface area contributed by atoms with Crippen molar-refractivity contribution in [3.63, 3.8) is 0 Å². The summed E-state index contributed by atoms with van der Waals surface area (Å²) >= 11 is 17.0. The number of anilines is 1. The first-order valence-electron chi connectivity index (χ1n) is 5.41. The Morgan fingerprint density at radius 3 is 2.63 bits per heavy atom. The van der Waals surface area contributed by atoms with Crippen LogP contribution in [0.15, 0.2) is 36.7 Å². The lowest BCUT2D eigenvalue weighted by Crippen LogP contribution is -2.28. The lowest BCUT2D eigenvalue weighted by atomic mass is 10.2. The minimum Gasteiger partial charge on any atom is -0.358 e. The molecule has 0 unspecified atom stereocenters. The van der Waals surface area contributed by atoms with Crippen LogP contribution in [-0.4, -0.2) is 15.1 Å². The molecular weight excluding hydrogens is 303 g/mol. The van der Waals surface area contributed by atoms with Gasteiger partial charge in [-0.05, 0) is 36.0 Å². The van der Waals surface area contributed by atoms with Crippen molar-refractivity contribution >= 4 is 46.5 Å². The topological polar surface area (TPSA) is 49.8 Å². The molecule has 0 aliphatic carbocycles. The van der Waals surface area contributed by atoms with Gasteiger partial charge in [0.2, 0.25) is 5.95 Å². The number of benzene rings is 1. The van der Waals surface area contributed by atoms with Crippen molar-refractivity contribution < 1.29 is 0 Å². The second kappa shape index (κ2) is 6.65. The smallest absolute Gasteiger partial charge is 0.228 e. The van der Waals surface area contributed by atoms with E-state index in [0.717, 1.165) is 5.56 Å². The summed E-state index contributed by atoms with van der Waals surface area (Å²) in [5.74, 6) is 0.446. The van der Waals surface area contributed by atoms with Gasteiger partial charge in [0.25, 0.3) is 0 Å². The summed E-state index contributed by atoms with van der Waals surface area (Å²) in [4.78, 5) is 8.02. The number of halogens is 2. The van der Waals surface area contributed by atoms with E-state index in [1.807, 2.05) is 6.07 Å². The molecule has 0 aliphatic rings. The maximum atomic E-state index is 6.06. The highest BCUT2D eigenvalue weighted by molar-refractivity contribution is 7.80. The largest absolute Gasteiger partial charge is 0.358 e. The molecule has 2 rings (SSSR count). The van der Waals surface area contributed by atoms with E-state index in [1.165, 1.54) is 0 Å². The highest BCUT2D eigenvalue weighted by Gasteiger charge is 2.03. The van der Waals surface area contributed by atoms with Gasteiger partial charge in [-0.25, -0.2) is 9.97 Å². The van der Waals surface area contributed by atoms with E-state index < -0.39 is 0 Å². The Labute approximate surface area is 126 Å². The second-order valence-corrected chi connectivity index (χ2v) is 4.87. The van der Waals surface area contributed by atoms with Crippen molar-refractivity contribution in [2.75, 3.05) is 5.32 Å². The van der Waals surface area contributed by atoms with Crippen LogP contribution in [0.3, 0.4) is 0 Å².